The van der Waals surface area contributed by atoms with E-state index in [4.69, 9.17) is 0 Å². The van der Waals surface area contributed by atoms with Gasteiger partial charge in [0.1, 0.15) is 5.82 Å². The van der Waals surface area contributed by atoms with Crippen molar-refractivity contribution in [2.45, 2.75) is 6.54 Å². The van der Waals surface area contributed by atoms with Gasteiger partial charge in [0.15, 0.2) is 0 Å². The lowest BCUT2D eigenvalue weighted by atomic mass is 10.2. The number of hydrogen-bond donors (Lipinski definition) is 1. The molecular weight excluding hydrogens is 273 g/mol. The first-order chi connectivity index (χ1) is 6.38. The Hall–Kier alpha value is -0.460. The quantitative estimate of drug-likeness (QED) is 0.916. The summed E-state index contributed by atoms with van der Waals surface area (Å²) in [6.45, 7) is -0.0376. The lowest BCUT2D eigenvalue weighted by Crippen LogP contribution is -2.21. The number of rotatable bonds is 3. The van der Waals surface area contributed by atoms with Crippen LogP contribution in [-0.4, -0.2) is 14.7 Å². The number of sulfonamides is 1. The van der Waals surface area contributed by atoms with Gasteiger partial charge in [-0.2, -0.15) is 0 Å². The molecule has 6 heteroatoms. The van der Waals surface area contributed by atoms with Crippen molar-refractivity contribution in [3.63, 3.8) is 0 Å². The van der Waals surface area contributed by atoms with Crippen LogP contribution < -0.4 is 4.72 Å². The van der Waals surface area contributed by atoms with Gasteiger partial charge in [0, 0.05) is 16.6 Å². The van der Waals surface area contributed by atoms with Gasteiger partial charge in [0.05, 0.1) is 6.26 Å². The van der Waals surface area contributed by atoms with Crippen molar-refractivity contribution in [3.8, 4) is 0 Å². The van der Waals surface area contributed by atoms with E-state index in [1.807, 2.05) is 0 Å². The third kappa shape index (κ3) is 3.73. The minimum Gasteiger partial charge on any atom is -0.213 e. The minimum absolute atomic E-state index is 0.0376. The molecule has 0 amide bonds. The summed E-state index contributed by atoms with van der Waals surface area (Å²) in [6.07, 6.45) is 1.03. The van der Waals surface area contributed by atoms with E-state index in [0.29, 0.717) is 10.0 Å². The normalized spacial score (nSPS) is 11.6. The van der Waals surface area contributed by atoms with Crippen molar-refractivity contribution < 1.29 is 12.8 Å². The predicted molar refractivity (Wildman–Crippen MR) is 55.8 cm³/mol. The van der Waals surface area contributed by atoms with Crippen LogP contribution >= 0.6 is 15.9 Å². The first-order valence-electron chi connectivity index (χ1n) is 3.77. The molecule has 0 aromatic heterocycles. The number of benzene rings is 1. The van der Waals surface area contributed by atoms with Crippen LogP contribution in [-0.2, 0) is 16.6 Å². The second kappa shape index (κ2) is 4.37. The van der Waals surface area contributed by atoms with Crippen molar-refractivity contribution >= 4 is 26.0 Å². The molecule has 0 unspecified atom stereocenters. The first kappa shape index (κ1) is 11.6. The molecule has 0 aliphatic carbocycles. The van der Waals surface area contributed by atoms with Crippen molar-refractivity contribution in [2.75, 3.05) is 6.26 Å². The Bertz CT molecular complexity index is 433. The molecule has 1 rings (SSSR count). The van der Waals surface area contributed by atoms with Gasteiger partial charge in [-0.25, -0.2) is 17.5 Å². The molecule has 78 valence electrons. The summed E-state index contributed by atoms with van der Waals surface area (Å²) in [7, 11) is -3.28. The summed E-state index contributed by atoms with van der Waals surface area (Å²) in [4.78, 5) is 0. The van der Waals surface area contributed by atoms with Gasteiger partial charge in [0.2, 0.25) is 10.0 Å². The summed E-state index contributed by atoms with van der Waals surface area (Å²) in [6, 6.07) is 4.37. The van der Waals surface area contributed by atoms with Crippen molar-refractivity contribution in [2.24, 2.45) is 0 Å². The molecule has 0 radical (unpaired) electrons. The smallest absolute Gasteiger partial charge is 0.209 e. The van der Waals surface area contributed by atoms with E-state index in [-0.39, 0.29) is 6.54 Å². The van der Waals surface area contributed by atoms with Gasteiger partial charge >= 0.3 is 0 Å². The second-order valence-corrected chi connectivity index (χ2v) is 5.58. The molecule has 1 aromatic rings. The highest BCUT2D eigenvalue weighted by molar-refractivity contribution is 9.10. The van der Waals surface area contributed by atoms with Gasteiger partial charge in [-0.1, -0.05) is 15.9 Å². The van der Waals surface area contributed by atoms with Crippen LogP contribution in [0.5, 0.6) is 0 Å². The van der Waals surface area contributed by atoms with Crippen LogP contribution in [0.15, 0.2) is 22.7 Å². The topological polar surface area (TPSA) is 46.2 Å². The summed E-state index contributed by atoms with van der Waals surface area (Å²) in [5.41, 5.74) is 0.310. The van der Waals surface area contributed by atoms with Crippen LogP contribution in [0.2, 0.25) is 0 Å². The zero-order valence-corrected chi connectivity index (χ0v) is 9.82. The Balaban J connectivity index is 2.81. The Morgan fingerprint density at radius 2 is 2.14 bits per heavy atom. The lowest BCUT2D eigenvalue weighted by Gasteiger charge is -2.04. The average molecular weight is 282 g/mol. The van der Waals surface area contributed by atoms with Crippen LogP contribution in [0, 0.1) is 5.82 Å². The van der Waals surface area contributed by atoms with Crippen LogP contribution in [0.4, 0.5) is 4.39 Å². The van der Waals surface area contributed by atoms with E-state index < -0.39 is 15.8 Å². The van der Waals surface area contributed by atoms with E-state index in [0.717, 1.165) is 6.26 Å². The standard InChI is InChI=1S/C8H9BrFNO2S/c1-14(12,13)11-5-6-4-7(9)2-3-8(6)10/h2-4,11H,5H2,1H3. The van der Waals surface area contributed by atoms with E-state index in [2.05, 4.69) is 20.7 Å². The highest BCUT2D eigenvalue weighted by Crippen LogP contribution is 2.15. The molecule has 3 nitrogen and oxygen atoms in total. The van der Waals surface area contributed by atoms with Crippen molar-refractivity contribution in [1.82, 2.24) is 4.72 Å². The molecule has 0 spiro atoms. The second-order valence-electron chi connectivity index (χ2n) is 2.83. The highest BCUT2D eigenvalue weighted by Gasteiger charge is 2.05. The van der Waals surface area contributed by atoms with Crippen LogP contribution in [0.3, 0.4) is 0 Å². The molecular formula is C8H9BrFNO2S. The number of halogens is 2. The zero-order chi connectivity index (χ0) is 10.8. The fourth-order valence-corrected chi connectivity index (χ4v) is 1.71. The predicted octanol–water partition coefficient (Wildman–Crippen LogP) is 1.64. The SMILES string of the molecule is CS(=O)(=O)NCc1cc(Br)ccc1F. The molecule has 0 heterocycles. The third-order valence-electron chi connectivity index (χ3n) is 1.53. The van der Waals surface area contributed by atoms with E-state index in [1.54, 1.807) is 6.07 Å². The van der Waals surface area contributed by atoms with Gasteiger partial charge < -0.3 is 0 Å². The lowest BCUT2D eigenvalue weighted by molar-refractivity contribution is 0.579. The maximum absolute atomic E-state index is 13.1. The van der Waals surface area contributed by atoms with E-state index in [1.165, 1.54) is 12.1 Å². The maximum atomic E-state index is 13.1. The number of nitrogens with one attached hydrogen (secondary N) is 1. The van der Waals surface area contributed by atoms with Gasteiger partial charge in [-0.15, -0.1) is 0 Å². The molecule has 0 saturated carbocycles. The molecule has 0 fully saturated rings. The third-order valence-corrected chi connectivity index (χ3v) is 2.69. The first-order valence-corrected chi connectivity index (χ1v) is 6.45. The summed E-state index contributed by atoms with van der Waals surface area (Å²) in [5.74, 6) is -0.427. The fraction of sp³-hybridized carbons (Fsp3) is 0.250. The summed E-state index contributed by atoms with van der Waals surface area (Å²) in [5, 5.41) is 0. The van der Waals surface area contributed by atoms with Crippen molar-refractivity contribution in [3.05, 3.63) is 34.1 Å². The van der Waals surface area contributed by atoms with Gasteiger partial charge in [-0.3, -0.25) is 0 Å². The summed E-state index contributed by atoms with van der Waals surface area (Å²) >= 11 is 3.17. The molecule has 1 aromatic carbocycles. The zero-order valence-electron chi connectivity index (χ0n) is 7.42. The van der Waals surface area contributed by atoms with E-state index in [9.17, 15) is 12.8 Å². The Labute approximate surface area is 90.5 Å². The fourth-order valence-electron chi connectivity index (χ4n) is 0.888. The number of hydrogen-bond acceptors (Lipinski definition) is 2. The molecule has 0 aliphatic heterocycles. The molecule has 0 saturated heterocycles. The molecule has 0 bridgehead atoms. The maximum Gasteiger partial charge on any atom is 0.209 e. The van der Waals surface area contributed by atoms with Gasteiger partial charge in [-0.05, 0) is 18.2 Å². The molecule has 0 aliphatic rings. The Kier molecular flexibility index (Phi) is 3.63. The molecule has 1 N–H and O–H groups in total. The largest absolute Gasteiger partial charge is 0.213 e. The molecule has 14 heavy (non-hydrogen) atoms. The highest BCUT2D eigenvalue weighted by atomic mass is 79.9. The van der Waals surface area contributed by atoms with E-state index >= 15 is 0 Å². The minimum atomic E-state index is -3.28. The Morgan fingerprint density at radius 3 is 2.71 bits per heavy atom. The summed E-state index contributed by atoms with van der Waals surface area (Å²) < 4.78 is 37.5. The average Bonchev–Trinajstić information content (AvgIpc) is 2.05. The molecule has 0 atom stereocenters. The van der Waals surface area contributed by atoms with Gasteiger partial charge in [0.25, 0.3) is 0 Å². The van der Waals surface area contributed by atoms with Crippen LogP contribution in [0.25, 0.3) is 0 Å². The Morgan fingerprint density at radius 1 is 1.50 bits per heavy atom. The van der Waals surface area contributed by atoms with Crippen molar-refractivity contribution in [1.29, 1.82) is 0 Å². The monoisotopic (exact) mass is 281 g/mol. The van der Waals surface area contributed by atoms with Crippen LogP contribution in [0.1, 0.15) is 5.56 Å².